The predicted octanol–water partition coefficient (Wildman–Crippen LogP) is 10.9. The number of aliphatic hydroxyl groups is 11. The van der Waals surface area contributed by atoms with Crippen molar-refractivity contribution in [2.24, 2.45) is 0 Å². The van der Waals surface area contributed by atoms with Crippen molar-refractivity contribution in [3.05, 3.63) is 72.9 Å². The van der Waals surface area contributed by atoms with Crippen molar-refractivity contribution < 1.29 is 89.4 Å². The molecule has 0 radical (unpaired) electrons. The Labute approximate surface area is 566 Å². The zero-order valence-electron chi connectivity index (χ0n) is 57.9. The third-order valence-electron chi connectivity index (χ3n) is 18.3. The molecule has 0 aliphatic carbocycles. The number of unbranched alkanes of at least 4 members (excludes halogenated alkanes) is 29. The molecule has 3 heterocycles. The van der Waals surface area contributed by atoms with Crippen LogP contribution in [0, 0.1) is 0 Å². The van der Waals surface area contributed by atoms with Gasteiger partial charge in [-0.05, 0) is 51.4 Å². The van der Waals surface area contributed by atoms with Crippen LogP contribution in [-0.4, -0.2) is 193 Å². The lowest BCUT2D eigenvalue weighted by molar-refractivity contribution is -0.379. The first-order chi connectivity index (χ1) is 45.8. The second-order valence-corrected chi connectivity index (χ2v) is 26.4. The first kappa shape index (κ1) is 85.5. The van der Waals surface area contributed by atoms with E-state index in [1.54, 1.807) is 0 Å². The standard InChI is InChI=1S/C75H133NO18/c1-3-5-7-9-11-13-15-17-19-21-23-24-25-26-27-28-29-30-31-32-33-35-36-38-40-42-44-46-48-50-52-59(80)58(76-63(81)53-51-49-47-45-43-41-39-37-34-22-20-18-16-14-12-10-8-6-4-2)57-89-73-69(87)66(84)71(61(55-78)91-73)94-75-70(88)67(85)72(62(56-79)92-75)93-74-68(86)65(83)64(82)60(54-77)90-74/h6,8,12,14,18,20,34,37,41,43,47,49,58-62,64-75,77-80,82-88H,3-5,7,9-11,13,15-17,19,21-33,35-36,38-40,42,44-46,48,50-57H2,1-2H3,(H,76,81)/b8-6-,14-12-,20-18-,37-34-,43-41-,49-47-. The molecule has 3 saturated heterocycles. The number of ether oxygens (including phenoxy) is 6. The smallest absolute Gasteiger partial charge is 0.220 e. The van der Waals surface area contributed by atoms with Gasteiger partial charge in [0.05, 0.1) is 38.6 Å². The Balaban J connectivity index is 1.40. The van der Waals surface area contributed by atoms with Crippen molar-refractivity contribution in [1.29, 1.82) is 0 Å². The number of aliphatic hydroxyl groups excluding tert-OH is 11. The Morgan fingerprint density at radius 1 is 0.394 bits per heavy atom. The van der Waals surface area contributed by atoms with E-state index in [9.17, 15) is 61.0 Å². The highest BCUT2D eigenvalue weighted by molar-refractivity contribution is 5.76. The molecule has 12 N–H and O–H groups in total. The topological polar surface area (TPSA) is 307 Å². The molecule has 17 unspecified atom stereocenters. The van der Waals surface area contributed by atoms with Crippen molar-refractivity contribution in [2.45, 2.75) is 369 Å². The van der Waals surface area contributed by atoms with Crippen molar-refractivity contribution >= 4 is 5.91 Å². The number of rotatable bonds is 57. The summed E-state index contributed by atoms with van der Waals surface area (Å²) >= 11 is 0. The van der Waals surface area contributed by atoms with E-state index in [-0.39, 0.29) is 18.9 Å². The van der Waals surface area contributed by atoms with Crippen LogP contribution in [0.1, 0.15) is 264 Å². The average molecular weight is 1340 g/mol. The zero-order valence-corrected chi connectivity index (χ0v) is 57.9. The molecule has 19 heteroatoms. The van der Waals surface area contributed by atoms with Gasteiger partial charge in [-0.1, -0.05) is 279 Å². The Morgan fingerprint density at radius 3 is 1.09 bits per heavy atom. The molecule has 1 amide bonds. The molecule has 0 saturated carbocycles. The fourth-order valence-electron chi connectivity index (χ4n) is 12.3. The van der Waals surface area contributed by atoms with Gasteiger partial charge >= 0.3 is 0 Å². The Bertz CT molecular complexity index is 1980. The Morgan fingerprint density at radius 2 is 0.713 bits per heavy atom. The molecule has 17 atom stereocenters. The number of nitrogens with one attached hydrogen (secondary N) is 1. The second-order valence-electron chi connectivity index (χ2n) is 26.4. The van der Waals surface area contributed by atoms with Crippen LogP contribution in [0.25, 0.3) is 0 Å². The number of hydrogen-bond donors (Lipinski definition) is 12. The van der Waals surface area contributed by atoms with E-state index >= 15 is 0 Å². The molecule has 546 valence electrons. The summed E-state index contributed by atoms with van der Waals surface area (Å²) in [5.41, 5.74) is 0. The van der Waals surface area contributed by atoms with Crippen LogP contribution in [0.15, 0.2) is 72.9 Å². The fraction of sp³-hybridized carbons (Fsp3) is 0.827. The number of carbonyl (C=O) groups excluding carboxylic acids is 1. The summed E-state index contributed by atoms with van der Waals surface area (Å²) in [6.07, 6.45) is 44.4. The van der Waals surface area contributed by atoms with Gasteiger partial charge in [-0.3, -0.25) is 4.79 Å². The van der Waals surface area contributed by atoms with Crippen molar-refractivity contribution in [1.82, 2.24) is 5.32 Å². The van der Waals surface area contributed by atoms with Crippen LogP contribution >= 0.6 is 0 Å². The molecule has 0 aromatic carbocycles. The van der Waals surface area contributed by atoms with Crippen molar-refractivity contribution in [2.75, 3.05) is 26.4 Å². The van der Waals surface area contributed by atoms with Crippen molar-refractivity contribution in [3.63, 3.8) is 0 Å². The molecule has 3 aliphatic heterocycles. The highest BCUT2D eigenvalue weighted by Crippen LogP contribution is 2.33. The number of amides is 1. The van der Waals surface area contributed by atoms with Gasteiger partial charge in [0.1, 0.15) is 73.2 Å². The quantitative estimate of drug-likeness (QED) is 0.0199. The van der Waals surface area contributed by atoms with Gasteiger partial charge in [-0.15, -0.1) is 0 Å². The average Bonchev–Trinajstić information content (AvgIpc) is 0.787. The molecule has 3 aliphatic rings. The monoisotopic (exact) mass is 1340 g/mol. The molecule has 19 nitrogen and oxygen atoms in total. The molecule has 0 bridgehead atoms. The van der Waals surface area contributed by atoms with E-state index in [2.05, 4.69) is 79.9 Å². The summed E-state index contributed by atoms with van der Waals surface area (Å²) in [4.78, 5) is 13.4. The lowest BCUT2D eigenvalue weighted by Gasteiger charge is -2.48. The van der Waals surface area contributed by atoms with Crippen LogP contribution < -0.4 is 5.32 Å². The number of hydrogen-bond acceptors (Lipinski definition) is 18. The molecular weight excluding hydrogens is 1200 g/mol. The molecule has 94 heavy (non-hydrogen) atoms. The third kappa shape index (κ3) is 36.9. The number of allylic oxidation sites excluding steroid dienone is 12. The molecule has 0 aromatic rings. The van der Waals surface area contributed by atoms with E-state index in [0.717, 1.165) is 51.4 Å². The molecule has 0 spiro atoms. The predicted molar refractivity (Wildman–Crippen MR) is 369 cm³/mol. The van der Waals surface area contributed by atoms with Crippen LogP contribution in [0.5, 0.6) is 0 Å². The van der Waals surface area contributed by atoms with Gasteiger partial charge in [-0.2, -0.15) is 0 Å². The lowest BCUT2D eigenvalue weighted by atomic mass is 9.96. The van der Waals surface area contributed by atoms with E-state index in [1.165, 1.54) is 167 Å². The van der Waals surface area contributed by atoms with Gasteiger partial charge in [0.15, 0.2) is 18.9 Å². The van der Waals surface area contributed by atoms with Gasteiger partial charge in [0.25, 0.3) is 0 Å². The van der Waals surface area contributed by atoms with Crippen LogP contribution in [0.4, 0.5) is 0 Å². The van der Waals surface area contributed by atoms with Crippen molar-refractivity contribution in [3.8, 4) is 0 Å². The largest absolute Gasteiger partial charge is 0.394 e. The second kappa shape index (κ2) is 56.0. The first-order valence-corrected chi connectivity index (χ1v) is 37.2. The minimum atomic E-state index is -1.98. The first-order valence-electron chi connectivity index (χ1n) is 37.2. The Kier molecular flexibility index (Phi) is 50.9. The molecule has 3 rings (SSSR count). The Hall–Kier alpha value is -2.77. The van der Waals surface area contributed by atoms with E-state index in [0.29, 0.717) is 25.7 Å². The van der Waals surface area contributed by atoms with Crippen LogP contribution in [-0.2, 0) is 33.2 Å². The van der Waals surface area contributed by atoms with E-state index in [4.69, 9.17) is 28.4 Å². The summed E-state index contributed by atoms with van der Waals surface area (Å²) in [6.45, 7) is 1.65. The van der Waals surface area contributed by atoms with Crippen LogP contribution in [0.2, 0.25) is 0 Å². The highest BCUT2D eigenvalue weighted by atomic mass is 16.8. The molecule has 0 aromatic heterocycles. The molecular formula is C75H133NO18. The molecule has 3 fully saturated rings. The van der Waals surface area contributed by atoms with E-state index < -0.39 is 124 Å². The maximum absolute atomic E-state index is 13.4. The summed E-state index contributed by atoms with van der Waals surface area (Å²) in [6, 6.07) is -0.934. The normalized spacial score (nSPS) is 27.8. The lowest BCUT2D eigenvalue weighted by Crippen LogP contribution is -2.66. The summed E-state index contributed by atoms with van der Waals surface area (Å²) in [5, 5.41) is 121. The van der Waals surface area contributed by atoms with Gasteiger partial charge in [-0.25, -0.2) is 0 Å². The maximum atomic E-state index is 13.4. The van der Waals surface area contributed by atoms with Gasteiger partial charge in [0.2, 0.25) is 5.91 Å². The highest BCUT2D eigenvalue weighted by Gasteiger charge is 2.53. The summed E-state index contributed by atoms with van der Waals surface area (Å²) < 4.78 is 34.4. The zero-order chi connectivity index (χ0) is 68.2. The third-order valence-corrected chi connectivity index (χ3v) is 18.3. The van der Waals surface area contributed by atoms with E-state index in [1.807, 2.05) is 12.2 Å². The van der Waals surface area contributed by atoms with Gasteiger partial charge in [0, 0.05) is 6.42 Å². The maximum Gasteiger partial charge on any atom is 0.220 e. The summed E-state index contributed by atoms with van der Waals surface area (Å²) in [5.74, 6) is -0.324. The SMILES string of the molecule is CC/C=C\C/C=C\C/C=C\C/C=C\C/C=C\C/C=C\CCC(=O)NC(COC1OC(CO)C(OC2OC(CO)C(OC3OC(CO)C(O)C(O)C3O)C(O)C2O)C(O)C1O)C(O)CCCCCCCCCCCCCCCCCCCCCCCCCCCCCCCC. The van der Waals surface area contributed by atoms with Gasteiger partial charge < -0.3 is 89.9 Å². The minimum absolute atomic E-state index is 0.138. The minimum Gasteiger partial charge on any atom is -0.394 e. The fourth-order valence-corrected chi connectivity index (χ4v) is 12.3. The number of carbonyl (C=O) groups is 1. The van der Waals surface area contributed by atoms with Crippen LogP contribution in [0.3, 0.4) is 0 Å². The summed E-state index contributed by atoms with van der Waals surface area (Å²) in [7, 11) is 0.